The summed E-state index contributed by atoms with van der Waals surface area (Å²) < 4.78 is 10.5. The van der Waals surface area contributed by atoms with Gasteiger partial charge in [-0.1, -0.05) is 6.07 Å². The van der Waals surface area contributed by atoms with Gasteiger partial charge in [-0.05, 0) is 24.6 Å². The molecule has 2 N–H and O–H groups in total. The quantitative estimate of drug-likeness (QED) is 0.840. The lowest BCUT2D eigenvalue weighted by Gasteiger charge is -2.19. The molecule has 17 heavy (non-hydrogen) atoms. The highest BCUT2D eigenvalue weighted by molar-refractivity contribution is 5.80. The van der Waals surface area contributed by atoms with Crippen molar-refractivity contribution in [3.8, 4) is 11.5 Å². The molecule has 92 valence electrons. The van der Waals surface area contributed by atoms with E-state index in [1.54, 1.807) is 18.9 Å². The van der Waals surface area contributed by atoms with Crippen LogP contribution in [0, 0.1) is 0 Å². The van der Waals surface area contributed by atoms with Crippen LogP contribution in [0.2, 0.25) is 0 Å². The van der Waals surface area contributed by atoms with Crippen molar-refractivity contribution in [2.24, 2.45) is 5.73 Å². The van der Waals surface area contributed by atoms with E-state index in [0.29, 0.717) is 6.54 Å². The Morgan fingerprint density at radius 1 is 1.47 bits per heavy atom. The number of carbonyl (C=O) groups excluding carboxylic acids is 1. The van der Waals surface area contributed by atoms with Gasteiger partial charge >= 0.3 is 0 Å². The first-order valence-corrected chi connectivity index (χ1v) is 5.47. The van der Waals surface area contributed by atoms with Crippen molar-refractivity contribution in [3.63, 3.8) is 0 Å². The fourth-order valence-electron chi connectivity index (χ4n) is 1.74. The van der Waals surface area contributed by atoms with Crippen LogP contribution in [0.25, 0.3) is 0 Å². The van der Waals surface area contributed by atoms with Crippen molar-refractivity contribution in [1.82, 2.24) is 4.90 Å². The predicted molar refractivity (Wildman–Crippen MR) is 62.7 cm³/mol. The lowest BCUT2D eigenvalue weighted by Crippen LogP contribution is -2.39. The monoisotopic (exact) mass is 236 g/mol. The Morgan fingerprint density at radius 3 is 2.88 bits per heavy atom. The number of hydrogen-bond donors (Lipinski definition) is 1. The Morgan fingerprint density at radius 2 is 2.18 bits per heavy atom. The molecule has 0 bridgehead atoms. The van der Waals surface area contributed by atoms with Crippen LogP contribution >= 0.6 is 0 Å². The Balaban J connectivity index is 2.06. The van der Waals surface area contributed by atoms with E-state index in [1.165, 1.54) is 0 Å². The van der Waals surface area contributed by atoms with Crippen LogP contribution in [0.3, 0.4) is 0 Å². The van der Waals surface area contributed by atoms with Gasteiger partial charge < -0.3 is 20.1 Å². The van der Waals surface area contributed by atoms with Crippen molar-refractivity contribution < 1.29 is 14.3 Å². The van der Waals surface area contributed by atoms with E-state index >= 15 is 0 Å². The number of likely N-dealkylation sites (N-methyl/N-ethyl adjacent to an activating group) is 1. The first-order valence-electron chi connectivity index (χ1n) is 5.47. The second kappa shape index (κ2) is 4.63. The van der Waals surface area contributed by atoms with Crippen LogP contribution in [0.15, 0.2) is 18.2 Å². The average molecular weight is 236 g/mol. The van der Waals surface area contributed by atoms with Gasteiger partial charge in [-0.15, -0.1) is 0 Å². The van der Waals surface area contributed by atoms with Crippen molar-refractivity contribution in [3.05, 3.63) is 23.8 Å². The van der Waals surface area contributed by atoms with E-state index in [0.717, 1.165) is 17.1 Å². The van der Waals surface area contributed by atoms with Crippen molar-refractivity contribution in [2.75, 3.05) is 13.8 Å². The molecule has 0 spiro atoms. The summed E-state index contributed by atoms with van der Waals surface area (Å²) in [7, 11) is 1.73. The van der Waals surface area contributed by atoms with Gasteiger partial charge in [0.1, 0.15) is 0 Å². The third-order valence-corrected chi connectivity index (χ3v) is 2.62. The third-order valence-electron chi connectivity index (χ3n) is 2.62. The zero-order chi connectivity index (χ0) is 12.4. The van der Waals surface area contributed by atoms with Crippen LogP contribution < -0.4 is 15.2 Å². The van der Waals surface area contributed by atoms with Crippen LogP contribution in [-0.2, 0) is 11.3 Å². The van der Waals surface area contributed by atoms with E-state index in [-0.39, 0.29) is 12.7 Å². The number of benzene rings is 1. The van der Waals surface area contributed by atoms with Crippen molar-refractivity contribution >= 4 is 5.91 Å². The maximum Gasteiger partial charge on any atom is 0.239 e. The second-order valence-corrected chi connectivity index (χ2v) is 4.17. The Hall–Kier alpha value is -1.75. The van der Waals surface area contributed by atoms with Gasteiger partial charge in [0.25, 0.3) is 0 Å². The predicted octanol–water partition coefficient (Wildman–Crippen LogP) is 0.721. The van der Waals surface area contributed by atoms with E-state index < -0.39 is 6.04 Å². The molecule has 1 aliphatic rings. The summed E-state index contributed by atoms with van der Waals surface area (Å²) in [4.78, 5) is 13.2. The summed E-state index contributed by atoms with van der Waals surface area (Å²) in [6.45, 7) is 2.45. The molecule has 5 heteroatoms. The average Bonchev–Trinajstić information content (AvgIpc) is 2.74. The molecule has 1 aromatic carbocycles. The molecular formula is C12H16N2O3. The highest BCUT2D eigenvalue weighted by atomic mass is 16.7. The zero-order valence-electron chi connectivity index (χ0n) is 9.97. The van der Waals surface area contributed by atoms with Gasteiger partial charge in [-0.25, -0.2) is 0 Å². The maximum absolute atomic E-state index is 11.6. The van der Waals surface area contributed by atoms with Gasteiger partial charge in [0.05, 0.1) is 6.04 Å². The second-order valence-electron chi connectivity index (χ2n) is 4.17. The van der Waals surface area contributed by atoms with Crippen molar-refractivity contribution in [1.29, 1.82) is 0 Å². The number of hydrogen-bond acceptors (Lipinski definition) is 4. The first-order chi connectivity index (χ1) is 8.08. The molecule has 5 nitrogen and oxygen atoms in total. The number of amides is 1. The number of nitrogens with two attached hydrogens (primary N) is 1. The normalized spacial score (nSPS) is 14.5. The summed E-state index contributed by atoms with van der Waals surface area (Å²) in [5, 5.41) is 0. The molecule has 0 aromatic heterocycles. The van der Waals surface area contributed by atoms with Gasteiger partial charge in [0, 0.05) is 13.6 Å². The smallest absolute Gasteiger partial charge is 0.239 e. The van der Waals surface area contributed by atoms with Crippen LogP contribution in [0.1, 0.15) is 12.5 Å². The van der Waals surface area contributed by atoms with E-state index in [4.69, 9.17) is 15.2 Å². The fraction of sp³-hybridized carbons (Fsp3) is 0.417. The van der Waals surface area contributed by atoms with Crippen molar-refractivity contribution in [2.45, 2.75) is 19.5 Å². The molecule has 0 fully saturated rings. The minimum absolute atomic E-state index is 0.0809. The summed E-state index contributed by atoms with van der Waals surface area (Å²) in [6, 6.07) is 5.17. The third kappa shape index (κ3) is 2.50. The largest absolute Gasteiger partial charge is 0.454 e. The van der Waals surface area contributed by atoms with E-state index in [2.05, 4.69) is 0 Å². The number of nitrogens with zero attached hydrogens (tertiary/aromatic N) is 1. The van der Waals surface area contributed by atoms with E-state index in [1.807, 2.05) is 18.2 Å². The molecular weight excluding hydrogens is 220 g/mol. The highest BCUT2D eigenvalue weighted by Crippen LogP contribution is 2.32. The SMILES string of the molecule is CC(N)C(=O)N(C)Cc1ccc2c(c1)OCO2. The van der Waals surface area contributed by atoms with Gasteiger partial charge in [0.15, 0.2) is 11.5 Å². The Bertz CT molecular complexity index is 432. The van der Waals surface area contributed by atoms with Gasteiger partial charge in [0.2, 0.25) is 12.7 Å². The number of fused-ring (bicyclic) bond motifs is 1. The molecule has 0 saturated carbocycles. The first kappa shape index (κ1) is 11.7. The lowest BCUT2D eigenvalue weighted by molar-refractivity contribution is -0.131. The molecule has 1 unspecified atom stereocenters. The lowest BCUT2D eigenvalue weighted by atomic mass is 10.2. The topological polar surface area (TPSA) is 64.8 Å². The molecule has 1 aliphatic heterocycles. The molecule has 1 aromatic rings. The standard InChI is InChI=1S/C12H16N2O3/c1-8(13)12(15)14(2)6-9-3-4-10-11(5-9)17-7-16-10/h3-5,8H,6-7,13H2,1-2H3. The van der Waals surface area contributed by atoms with Gasteiger partial charge in [-0.2, -0.15) is 0 Å². The number of carbonyl (C=O) groups is 1. The summed E-state index contributed by atoms with van der Waals surface area (Å²) in [5.41, 5.74) is 6.54. The summed E-state index contributed by atoms with van der Waals surface area (Å²) in [6.07, 6.45) is 0. The number of rotatable bonds is 3. The Kier molecular flexibility index (Phi) is 3.19. The minimum atomic E-state index is -0.478. The molecule has 0 radical (unpaired) electrons. The van der Waals surface area contributed by atoms with Gasteiger partial charge in [-0.3, -0.25) is 4.79 Å². The summed E-state index contributed by atoms with van der Waals surface area (Å²) >= 11 is 0. The van der Waals surface area contributed by atoms with E-state index in [9.17, 15) is 4.79 Å². The Labute approximate surface area is 100 Å². The fourth-order valence-corrected chi connectivity index (χ4v) is 1.74. The minimum Gasteiger partial charge on any atom is -0.454 e. The molecule has 0 aliphatic carbocycles. The molecule has 1 heterocycles. The molecule has 1 atom stereocenters. The zero-order valence-corrected chi connectivity index (χ0v) is 9.97. The van der Waals surface area contributed by atoms with Crippen LogP contribution in [-0.4, -0.2) is 30.7 Å². The van der Waals surface area contributed by atoms with Crippen LogP contribution in [0.5, 0.6) is 11.5 Å². The maximum atomic E-state index is 11.6. The highest BCUT2D eigenvalue weighted by Gasteiger charge is 2.16. The molecule has 2 rings (SSSR count). The molecule has 0 saturated heterocycles. The number of ether oxygens (including phenoxy) is 2. The van der Waals surface area contributed by atoms with Crippen LogP contribution in [0.4, 0.5) is 0 Å². The molecule has 1 amide bonds. The summed E-state index contributed by atoms with van der Waals surface area (Å²) in [5.74, 6) is 1.39.